The number of aryl methyl sites for hydroxylation is 1. The fourth-order valence-electron chi connectivity index (χ4n) is 3.44. The third-order valence-electron chi connectivity index (χ3n) is 5.10. The van der Waals surface area contributed by atoms with E-state index < -0.39 is 10.4 Å². The summed E-state index contributed by atoms with van der Waals surface area (Å²) in [5.41, 5.74) is 0.775. The first-order valence-corrected chi connectivity index (χ1v) is 12.7. The average molecular weight is 429 g/mol. The van der Waals surface area contributed by atoms with E-state index in [1.165, 1.54) is 95.6 Å². The normalized spacial score (nSPS) is 11.6. The lowest BCUT2D eigenvalue weighted by atomic mass is 10.0. The lowest BCUT2D eigenvalue weighted by Crippen LogP contribution is -2.07. The SMILES string of the molecule is CCCCCCCCCCCCCCCCOc1ccc(OS(=O)(=O)O)cc1C. The van der Waals surface area contributed by atoms with Crippen LogP contribution in [0.2, 0.25) is 0 Å². The molecule has 0 unspecified atom stereocenters. The fourth-order valence-corrected chi connectivity index (χ4v) is 3.78. The minimum absolute atomic E-state index is 0.0776. The molecule has 168 valence electrons. The van der Waals surface area contributed by atoms with Gasteiger partial charge in [-0.15, -0.1) is 0 Å². The molecule has 5 nitrogen and oxygen atoms in total. The van der Waals surface area contributed by atoms with Crippen molar-refractivity contribution >= 4 is 10.4 Å². The summed E-state index contributed by atoms with van der Waals surface area (Å²) in [6, 6.07) is 4.68. The van der Waals surface area contributed by atoms with E-state index in [0.717, 1.165) is 12.0 Å². The van der Waals surface area contributed by atoms with Crippen molar-refractivity contribution in [3.8, 4) is 11.5 Å². The van der Waals surface area contributed by atoms with Gasteiger partial charge in [-0.05, 0) is 37.1 Å². The summed E-state index contributed by atoms with van der Waals surface area (Å²) in [7, 11) is -4.49. The predicted molar refractivity (Wildman–Crippen MR) is 119 cm³/mol. The molecular formula is C23H40O5S. The minimum atomic E-state index is -4.49. The second kappa shape index (κ2) is 15.6. The minimum Gasteiger partial charge on any atom is -0.493 e. The quantitative estimate of drug-likeness (QED) is 0.200. The molecule has 0 radical (unpaired) electrons. The Hall–Kier alpha value is -1.27. The summed E-state index contributed by atoms with van der Waals surface area (Å²) in [5.74, 6) is 0.788. The van der Waals surface area contributed by atoms with Gasteiger partial charge >= 0.3 is 10.4 Å². The number of ether oxygens (including phenoxy) is 1. The first-order valence-electron chi connectivity index (χ1n) is 11.3. The van der Waals surface area contributed by atoms with Gasteiger partial charge < -0.3 is 8.92 Å². The maximum Gasteiger partial charge on any atom is 0.446 e. The zero-order valence-electron chi connectivity index (χ0n) is 18.3. The molecule has 0 aliphatic carbocycles. The van der Waals surface area contributed by atoms with Gasteiger partial charge in [-0.25, -0.2) is 0 Å². The predicted octanol–water partition coefficient (Wildman–Crippen LogP) is 7.04. The molecule has 29 heavy (non-hydrogen) atoms. The fraction of sp³-hybridized carbons (Fsp3) is 0.739. The van der Waals surface area contributed by atoms with E-state index in [1.54, 1.807) is 6.07 Å². The van der Waals surface area contributed by atoms with Gasteiger partial charge in [0.05, 0.1) is 6.61 Å². The van der Waals surface area contributed by atoms with Crippen molar-refractivity contribution in [1.82, 2.24) is 0 Å². The Bertz CT molecular complexity index is 643. The Balaban J connectivity index is 1.97. The van der Waals surface area contributed by atoms with Crippen molar-refractivity contribution in [3.63, 3.8) is 0 Å². The highest BCUT2D eigenvalue weighted by Gasteiger charge is 2.09. The van der Waals surface area contributed by atoms with Crippen LogP contribution in [0.4, 0.5) is 0 Å². The van der Waals surface area contributed by atoms with Gasteiger partial charge in [0.1, 0.15) is 11.5 Å². The number of unbranched alkanes of at least 4 members (excludes halogenated alkanes) is 13. The van der Waals surface area contributed by atoms with E-state index in [2.05, 4.69) is 11.1 Å². The second-order valence-electron chi connectivity index (χ2n) is 7.88. The Kier molecular flexibility index (Phi) is 13.8. The van der Waals surface area contributed by atoms with E-state index in [1.807, 2.05) is 6.92 Å². The first-order chi connectivity index (χ1) is 13.9. The van der Waals surface area contributed by atoms with Crippen LogP contribution in [0.25, 0.3) is 0 Å². The number of rotatable bonds is 18. The molecule has 0 saturated heterocycles. The van der Waals surface area contributed by atoms with E-state index in [0.29, 0.717) is 12.4 Å². The highest BCUT2D eigenvalue weighted by molar-refractivity contribution is 7.81. The van der Waals surface area contributed by atoms with Crippen LogP contribution in [0.1, 0.15) is 102 Å². The van der Waals surface area contributed by atoms with Crippen LogP contribution in [0.15, 0.2) is 18.2 Å². The topological polar surface area (TPSA) is 72.8 Å². The van der Waals surface area contributed by atoms with Crippen molar-refractivity contribution in [3.05, 3.63) is 23.8 Å². The molecule has 0 aliphatic heterocycles. The van der Waals surface area contributed by atoms with Crippen LogP contribution >= 0.6 is 0 Å². The van der Waals surface area contributed by atoms with Gasteiger partial charge in [0.15, 0.2) is 0 Å². The maximum absolute atomic E-state index is 10.7. The molecule has 0 fully saturated rings. The van der Waals surface area contributed by atoms with E-state index in [-0.39, 0.29) is 5.75 Å². The van der Waals surface area contributed by atoms with Crippen molar-refractivity contribution in [2.24, 2.45) is 0 Å². The summed E-state index contributed by atoms with van der Waals surface area (Å²) < 4.78 is 40.4. The standard InChI is InChI=1S/C23H40O5S/c1-3-4-5-6-7-8-9-10-11-12-13-14-15-16-19-27-23-18-17-22(20-21(23)2)28-29(24,25)26/h17-18,20H,3-16,19H2,1-2H3,(H,24,25,26). The molecule has 1 N–H and O–H groups in total. The average Bonchev–Trinajstić information content (AvgIpc) is 2.65. The summed E-state index contributed by atoms with van der Waals surface area (Å²) in [4.78, 5) is 0. The van der Waals surface area contributed by atoms with E-state index >= 15 is 0 Å². The number of hydrogen-bond acceptors (Lipinski definition) is 4. The van der Waals surface area contributed by atoms with E-state index in [9.17, 15) is 8.42 Å². The molecule has 6 heteroatoms. The molecular weight excluding hydrogens is 388 g/mol. The largest absolute Gasteiger partial charge is 0.493 e. The smallest absolute Gasteiger partial charge is 0.446 e. The molecule has 0 heterocycles. The molecule has 1 aromatic carbocycles. The first kappa shape index (κ1) is 25.8. The second-order valence-corrected chi connectivity index (χ2v) is 8.91. The van der Waals surface area contributed by atoms with Gasteiger partial charge in [-0.3, -0.25) is 4.55 Å². The molecule has 0 aliphatic rings. The summed E-state index contributed by atoms with van der Waals surface area (Å²) in [6.45, 7) is 4.73. The van der Waals surface area contributed by atoms with E-state index in [4.69, 9.17) is 9.29 Å². The molecule has 0 atom stereocenters. The Labute approximate surface area is 178 Å². The molecule has 0 amide bonds. The van der Waals surface area contributed by atoms with Crippen LogP contribution in [-0.2, 0) is 10.4 Å². The Morgan fingerprint density at radius 2 is 1.28 bits per heavy atom. The molecule has 0 saturated carbocycles. The molecule has 0 aromatic heterocycles. The highest BCUT2D eigenvalue weighted by atomic mass is 32.3. The van der Waals surface area contributed by atoms with Gasteiger partial charge in [0.25, 0.3) is 0 Å². The van der Waals surface area contributed by atoms with Gasteiger partial charge in [0, 0.05) is 0 Å². The van der Waals surface area contributed by atoms with Crippen molar-refractivity contribution < 1.29 is 21.9 Å². The van der Waals surface area contributed by atoms with Crippen LogP contribution in [0.5, 0.6) is 11.5 Å². The Morgan fingerprint density at radius 1 is 0.793 bits per heavy atom. The van der Waals surface area contributed by atoms with Crippen LogP contribution < -0.4 is 8.92 Å². The molecule has 1 aromatic rings. The summed E-state index contributed by atoms with van der Waals surface area (Å²) >= 11 is 0. The van der Waals surface area contributed by atoms with Gasteiger partial charge in [-0.1, -0.05) is 90.4 Å². The zero-order chi connectivity index (χ0) is 21.4. The lowest BCUT2D eigenvalue weighted by molar-refractivity contribution is 0.302. The Morgan fingerprint density at radius 3 is 1.72 bits per heavy atom. The third-order valence-corrected chi connectivity index (χ3v) is 5.51. The maximum atomic E-state index is 10.7. The molecule has 0 spiro atoms. The van der Waals surface area contributed by atoms with Crippen molar-refractivity contribution in [2.45, 2.75) is 104 Å². The third kappa shape index (κ3) is 14.4. The monoisotopic (exact) mass is 428 g/mol. The lowest BCUT2D eigenvalue weighted by Gasteiger charge is -2.10. The van der Waals surface area contributed by atoms with Crippen LogP contribution in [-0.4, -0.2) is 19.6 Å². The van der Waals surface area contributed by atoms with Gasteiger partial charge in [0.2, 0.25) is 0 Å². The molecule has 0 bridgehead atoms. The summed E-state index contributed by atoms with van der Waals surface area (Å²) in [6.07, 6.45) is 18.6. The molecule has 1 rings (SSSR count). The summed E-state index contributed by atoms with van der Waals surface area (Å²) in [5, 5.41) is 0. The highest BCUT2D eigenvalue weighted by Crippen LogP contribution is 2.24. The van der Waals surface area contributed by atoms with Crippen molar-refractivity contribution in [1.29, 1.82) is 0 Å². The number of hydrogen-bond donors (Lipinski definition) is 1. The number of benzene rings is 1. The van der Waals surface area contributed by atoms with Crippen LogP contribution in [0, 0.1) is 6.92 Å². The zero-order valence-corrected chi connectivity index (χ0v) is 19.1. The van der Waals surface area contributed by atoms with Crippen molar-refractivity contribution in [2.75, 3.05) is 6.61 Å². The van der Waals surface area contributed by atoms with Crippen LogP contribution in [0.3, 0.4) is 0 Å². The van der Waals surface area contributed by atoms with Gasteiger partial charge in [-0.2, -0.15) is 8.42 Å².